The van der Waals surface area contributed by atoms with Crippen molar-refractivity contribution in [3.63, 3.8) is 0 Å². The van der Waals surface area contributed by atoms with Crippen LogP contribution in [-0.2, 0) is 0 Å². The number of rotatable bonds is 11. The molecule has 30 heavy (non-hydrogen) atoms. The lowest BCUT2D eigenvalue weighted by atomic mass is 10.1. The van der Waals surface area contributed by atoms with Gasteiger partial charge in [-0.05, 0) is 31.1 Å². The number of aliphatic imine (C=N–C) groups is 1. The minimum absolute atomic E-state index is 0.340. The summed E-state index contributed by atoms with van der Waals surface area (Å²) in [6.07, 6.45) is 0. The van der Waals surface area contributed by atoms with Crippen LogP contribution in [0.4, 0.5) is 0 Å². The Labute approximate surface area is 184 Å². The molecule has 0 radical (unpaired) electrons. The highest BCUT2D eigenvalue weighted by molar-refractivity contribution is 5.79. The lowest BCUT2D eigenvalue weighted by Crippen LogP contribution is -2.49. The zero-order valence-corrected chi connectivity index (χ0v) is 19.9. The van der Waals surface area contributed by atoms with Gasteiger partial charge >= 0.3 is 0 Å². The molecule has 2 rings (SSSR count). The van der Waals surface area contributed by atoms with E-state index in [1.165, 1.54) is 38.3 Å². The second-order valence-electron chi connectivity index (χ2n) is 8.32. The van der Waals surface area contributed by atoms with E-state index in [4.69, 9.17) is 0 Å². The van der Waals surface area contributed by atoms with Crippen LogP contribution in [0.15, 0.2) is 35.3 Å². The molecule has 2 atom stereocenters. The Morgan fingerprint density at radius 1 is 0.967 bits per heavy atom. The van der Waals surface area contributed by atoms with Gasteiger partial charge in [0.1, 0.15) is 0 Å². The summed E-state index contributed by atoms with van der Waals surface area (Å²) < 4.78 is 0. The summed E-state index contributed by atoms with van der Waals surface area (Å²) in [5, 5.41) is 7.11. The van der Waals surface area contributed by atoms with Crippen LogP contribution in [0.5, 0.6) is 0 Å². The van der Waals surface area contributed by atoms with Crippen LogP contribution >= 0.6 is 0 Å². The van der Waals surface area contributed by atoms with E-state index in [2.05, 4.69) is 88.4 Å². The Morgan fingerprint density at radius 3 is 2.13 bits per heavy atom. The molecule has 0 bridgehead atoms. The highest BCUT2D eigenvalue weighted by Gasteiger charge is 2.19. The predicted octanol–water partition coefficient (Wildman–Crippen LogP) is 2.51. The van der Waals surface area contributed by atoms with Crippen LogP contribution in [-0.4, -0.2) is 93.2 Å². The first-order valence-electron chi connectivity index (χ1n) is 11.8. The second kappa shape index (κ2) is 13.6. The summed E-state index contributed by atoms with van der Waals surface area (Å²) in [7, 11) is 1.86. The third kappa shape index (κ3) is 7.89. The number of hydrogen-bond acceptors (Lipinski definition) is 4. The molecule has 6 nitrogen and oxygen atoms in total. The number of benzene rings is 1. The fourth-order valence-electron chi connectivity index (χ4n) is 4.28. The predicted molar refractivity (Wildman–Crippen MR) is 129 cm³/mol. The van der Waals surface area contributed by atoms with Gasteiger partial charge in [0.05, 0.1) is 6.04 Å². The van der Waals surface area contributed by atoms with Crippen molar-refractivity contribution in [3.05, 3.63) is 35.9 Å². The van der Waals surface area contributed by atoms with Gasteiger partial charge in [0, 0.05) is 52.9 Å². The van der Waals surface area contributed by atoms with E-state index in [9.17, 15) is 0 Å². The third-order valence-electron chi connectivity index (χ3n) is 6.22. The number of likely N-dealkylation sites (N-methyl/N-ethyl adjacent to an activating group) is 2. The highest BCUT2D eigenvalue weighted by Crippen LogP contribution is 2.19. The maximum Gasteiger partial charge on any atom is 0.191 e. The van der Waals surface area contributed by atoms with Crippen molar-refractivity contribution in [2.75, 3.05) is 72.5 Å². The molecule has 1 aromatic carbocycles. The van der Waals surface area contributed by atoms with Crippen molar-refractivity contribution in [2.45, 2.75) is 33.7 Å². The van der Waals surface area contributed by atoms with Crippen LogP contribution in [0.3, 0.4) is 0 Å². The van der Waals surface area contributed by atoms with Crippen molar-refractivity contribution < 1.29 is 0 Å². The van der Waals surface area contributed by atoms with Gasteiger partial charge in [0.25, 0.3) is 0 Å². The van der Waals surface area contributed by atoms with Crippen molar-refractivity contribution in [1.82, 2.24) is 25.3 Å². The SMILES string of the molecule is CCN1CCN(CC(C)CNC(=NC)NCC(c2ccccc2)N(CC)CC)CC1. The molecule has 0 amide bonds. The lowest BCUT2D eigenvalue weighted by molar-refractivity contribution is 0.124. The number of nitrogens with zero attached hydrogens (tertiary/aromatic N) is 4. The molecule has 0 saturated carbocycles. The molecule has 6 heteroatoms. The standard InChI is InChI=1S/C24H44N6/c1-6-28-14-16-29(17-15-28)20-21(4)18-26-24(25-5)27-19-23(30(7-2)8-3)22-12-10-9-11-13-22/h9-13,21,23H,6-8,14-20H2,1-5H3,(H2,25,26,27). The molecule has 2 N–H and O–H groups in total. The second-order valence-corrected chi connectivity index (χ2v) is 8.32. The summed E-state index contributed by atoms with van der Waals surface area (Å²) in [6, 6.07) is 11.1. The smallest absolute Gasteiger partial charge is 0.191 e. The zero-order chi connectivity index (χ0) is 21.8. The Balaban J connectivity index is 1.81. The zero-order valence-electron chi connectivity index (χ0n) is 19.9. The monoisotopic (exact) mass is 416 g/mol. The first-order valence-corrected chi connectivity index (χ1v) is 11.8. The minimum atomic E-state index is 0.340. The average molecular weight is 417 g/mol. The third-order valence-corrected chi connectivity index (χ3v) is 6.22. The Kier molecular flexibility index (Phi) is 11.2. The molecular formula is C24H44N6. The van der Waals surface area contributed by atoms with Gasteiger partial charge in [0.2, 0.25) is 0 Å². The molecule has 2 unspecified atom stereocenters. The van der Waals surface area contributed by atoms with E-state index in [1.54, 1.807) is 0 Å². The average Bonchev–Trinajstić information content (AvgIpc) is 2.79. The molecule has 1 aliphatic heterocycles. The van der Waals surface area contributed by atoms with Crippen LogP contribution in [0, 0.1) is 5.92 Å². The Morgan fingerprint density at radius 2 is 1.57 bits per heavy atom. The summed E-state index contributed by atoms with van der Waals surface area (Å²) in [5.41, 5.74) is 1.35. The molecule has 1 heterocycles. The molecule has 1 fully saturated rings. The quantitative estimate of drug-likeness (QED) is 0.429. The van der Waals surface area contributed by atoms with E-state index in [0.29, 0.717) is 12.0 Å². The molecule has 0 aliphatic carbocycles. The van der Waals surface area contributed by atoms with Gasteiger partial charge < -0.3 is 20.4 Å². The first kappa shape index (κ1) is 24.6. The van der Waals surface area contributed by atoms with Crippen molar-refractivity contribution in [2.24, 2.45) is 10.9 Å². The highest BCUT2D eigenvalue weighted by atomic mass is 15.3. The topological polar surface area (TPSA) is 46.1 Å². The van der Waals surface area contributed by atoms with Gasteiger partial charge in [-0.2, -0.15) is 0 Å². The summed E-state index contributed by atoms with van der Waals surface area (Å²) in [6.45, 7) is 20.0. The largest absolute Gasteiger partial charge is 0.356 e. The van der Waals surface area contributed by atoms with Crippen molar-refractivity contribution in [1.29, 1.82) is 0 Å². The van der Waals surface area contributed by atoms with Gasteiger partial charge in [-0.1, -0.05) is 58.0 Å². The molecule has 1 aliphatic rings. The van der Waals surface area contributed by atoms with E-state index in [0.717, 1.165) is 38.7 Å². The van der Waals surface area contributed by atoms with Crippen molar-refractivity contribution in [3.8, 4) is 0 Å². The van der Waals surface area contributed by atoms with E-state index >= 15 is 0 Å². The van der Waals surface area contributed by atoms with Crippen LogP contribution in [0.1, 0.15) is 39.3 Å². The minimum Gasteiger partial charge on any atom is -0.356 e. The number of guanidine groups is 1. The van der Waals surface area contributed by atoms with E-state index in [1.807, 2.05) is 7.05 Å². The molecule has 0 aromatic heterocycles. The summed E-state index contributed by atoms with van der Waals surface area (Å²) in [5.74, 6) is 1.48. The fourth-order valence-corrected chi connectivity index (χ4v) is 4.28. The number of piperazine rings is 1. The van der Waals surface area contributed by atoms with Gasteiger partial charge in [0.15, 0.2) is 5.96 Å². The fraction of sp³-hybridized carbons (Fsp3) is 0.708. The van der Waals surface area contributed by atoms with Gasteiger partial charge in [-0.15, -0.1) is 0 Å². The molecule has 170 valence electrons. The van der Waals surface area contributed by atoms with Crippen LogP contribution in [0.2, 0.25) is 0 Å². The molecule has 1 aromatic rings. The normalized spacial score (nSPS) is 18.4. The molecule has 0 spiro atoms. The summed E-state index contributed by atoms with van der Waals surface area (Å²) in [4.78, 5) is 12.1. The number of hydrogen-bond donors (Lipinski definition) is 2. The van der Waals surface area contributed by atoms with Crippen LogP contribution < -0.4 is 10.6 Å². The lowest BCUT2D eigenvalue weighted by Gasteiger charge is -2.35. The van der Waals surface area contributed by atoms with Crippen molar-refractivity contribution >= 4 is 5.96 Å². The summed E-state index contributed by atoms with van der Waals surface area (Å²) >= 11 is 0. The molecular weight excluding hydrogens is 372 g/mol. The maximum absolute atomic E-state index is 4.46. The van der Waals surface area contributed by atoms with E-state index in [-0.39, 0.29) is 0 Å². The van der Waals surface area contributed by atoms with Crippen LogP contribution in [0.25, 0.3) is 0 Å². The van der Waals surface area contributed by atoms with E-state index < -0.39 is 0 Å². The first-order chi connectivity index (χ1) is 14.6. The van der Waals surface area contributed by atoms with Gasteiger partial charge in [-0.3, -0.25) is 9.89 Å². The number of nitrogens with one attached hydrogen (secondary N) is 2. The maximum atomic E-state index is 4.46. The Bertz CT molecular complexity index is 593. The Hall–Kier alpha value is -1.63. The van der Waals surface area contributed by atoms with Gasteiger partial charge in [-0.25, -0.2) is 0 Å². The molecule has 1 saturated heterocycles.